The Hall–Kier alpha value is -2.43. The van der Waals surface area contributed by atoms with Gasteiger partial charge in [-0.15, -0.1) is 11.3 Å². The number of carbonyl (C=O) groups excluding carboxylic acids is 3. The van der Waals surface area contributed by atoms with Crippen molar-refractivity contribution in [2.45, 2.75) is 51.5 Å². The van der Waals surface area contributed by atoms with Crippen molar-refractivity contribution in [3.63, 3.8) is 0 Å². The minimum atomic E-state index is -1.47. The molecule has 5 atom stereocenters. The molecule has 0 saturated carbocycles. The number of aliphatic hydroxyl groups excluding tert-OH is 1. The Morgan fingerprint density at radius 1 is 1.18 bits per heavy atom. The van der Waals surface area contributed by atoms with Gasteiger partial charge in [-0.3, -0.25) is 14.4 Å². The summed E-state index contributed by atoms with van der Waals surface area (Å²) in [5.41, 5.74) is 0. The van der Waals surface area contributed by atoms with Crippen molar-refractivity contribution in [3.05, 3.63) is 22.9 Å². The van der Waals surface area contributed by atoms with Crippen LogP contribution in [0.3, 0.4) is 0 Å². The maximum atomic E-state index is 11.5. The van der Waals surface area contributed by atoms with Crippen LogP contribution >= 0.6 is 11.3 Å². The van der Waals surface area contributed by atoms with E-state index in [1.54, 1.807) is 17.5 Å². The molecule has 0 radical (unpaired) electrons. The molecule has 1 saturated heterocycles. The van der Waals surface area contributed by atoms with Crippen LogP contribution in [0, 0.1) is 0 Å². The zero-order valence-electron chi connectivity index (χ0n) is 15.7. The van der Waals surface area contributed by atoms with Crippen LogP contribution in [-0.4, -0.2) is 60.3 Å². The van der Waals surface area contributed by atoms with E-state index in [0.29, 0.717) is 10.6 Å². The number of thiophene rings is 1. The first-order chi connectivity index (χ1) is 13.2. The Morgan fingerprint density at radius 3 is 2.39 bits per heavy atom. The lowest BCUT2D eigenvalue weighted by Gasteiger charge is -2.42. The number of hydrogen-bond donors (Lipinski definition) is 1. The van der Waals surface area contributed by atoms with Gasteiger partial charge in [0, 0.05) is 20.8 Å². The molecule has 2 rings (SSSR count). The van der Waals surface area contributed by atoms with Crippen molar-refractivity contribution in [2.24, 2.45) is 0 Å². The highest BCUT2D eigenvalue weighted by Crippen LogP contribution is 2.32. The zero-order valence-corrected chi connectivity index (χ0v) is 16.5. The molecular weight excluding hydrogens is 392 g/mol. The van der Waals surface area contributed by atoms with Gasteiger partial charge in [0.05, 0.1) is 4.88 Å². The minimum Gasteiger partial charge on any atom is -0.463 e. The standard InChI is InChI=1S/C18H22O9S/c1-5-14-12(6-7-28-14)26-18-15(22)17(25-11(4)21)16(24-10(3)20)13(27-18)8-23-9(2)19/h5-7,13,15-18,22H,1,8H2,2-4H3. The van der Waals surface area contributed by atoms with Gasteiger partial charge in [-0.2, -0.15) is 0 Å². The van der Waals surface area contributed by atoms with Crippen LogP contribution in [0.5, 0.6) is 5.75 Å². The maximum absolute atomic E-state index is 11.5. The van der Waals surface area contributed by atoms with Crippen molar-refractivity contribution < 1.29 is 43.2 Å². The summed E-state index contributed by atoms with van der Waals surface area (Å²) in [4.78, 5) is 34.9. The van der Waals surface area contributed by atoms with Gasteiger partial charge in [0.2, 0.25) is 6.29 Å². The molecular formula is C18H22O9S. The lowest BCUT2D eigenvalue weighted by molar-refractivity contribution is -0.285. The van der Waals surface area contributed by atoms with E-state index in [2.05, 4.69) is 6.58 Å². The molecule has 2 heterocycles. The van der Waals surface area contributed by atoms with Crippen LogP contribution in [0.1, 0.15) is 25.6 Å². The van der Waals surface area contributed by atoms with Gasteiger partial charge in [-0.1, -0.05) is 6.58 Å². The van der Waals surface area contributed by atoms with E-state index < -0.39 is 48.6 Å². The minimum absolute atomic E-state index is 0.296. The lowest BCUT2D eigenvalue weighted by Crippen LogP contribution is -2.62. The monoisotopic (exact) mass is 414 g/mol. The third kappa shape index (κ3) is 5.54. The number of ether oxygens (including phenoxy) is 5. The predicted octanol–water partition coefficient (Wildman–Crippen LogP) is 1.28. The molecule has 0 aromatic carbocycles. The maximum Gasteiger partial charge on any atom is 0.303 e. The van der Waals surface area contributed by atoms with Crippen LogP contribution in [0.25, 0.3) is 6.08 Å². The quantitative estimate of drug-likeness (QED) is 0.520. The van der Waals surface area contributed by atoms with Gasteiger partial charge in [-0.05, 0) is 17.5 Å². The van der Waals surface area contributed by atoms with E-state index in [-0.39, 0.29) is 6.61 Å². The van der Waals surface area contributed by atoms with Crippen molar-refractivity contribution in [3.8, 4) is 5.75 Å². The molecule has 1 aliphatic rings. The number of hydrogen-bond acceptors (Lipinski definition) is 10. The van der Waals surface area contributed by atoms with E-state index in [1.807, 2.05) is 0 Å². The van der Waals surface area contributed by atoms with Gasteiger partial charge in [0.25, 0.3) is 0 Å². The fourth-order valence-corrected chi connectivity index (χ4v) is 3.33. The van der Waals surface area contributed by atoms with Crippen molar-refractivity contribution in [1.82, 2.24) is 0 Å². The fourth-order valence-electron chi connectivity index (χ4n) is 2.67. The Morgan fingerprint density at radius 2 is 1.82 bits per heavy atom. The first-order valence-electron chi connectivity index (χ1n) is 8.40. The van der Waals surface area contributed by atoms with E-state index in [9.17, 15) is 19.5 Å². The first kappa shape index (κ1) is 21.9. The van der Waals surface area contributed by atoms with Crippen LogP contribution in [0.15, 0.2) is 18.0 Å². The Labute approximate surface area is 165 Å². The smallest absolute Gasteiger partial charge is 0.303 e. The summed E-state index contributed by atoms with van der Waals surface area (Å²) in [7, 11) is 0. The highest BCUT2D eigenvalue weighted by Gasteiger charge is 2.51. The van der Waals surface area contributed by atoms with E-state index >= 15 is 0 Å². The molecule has 1 aromatic heterocycles. The lowest BCUT2D eigenvalue weighted by atomic mass is 9.98. The molecule has 1 aromatic rings. The van der Waals surface area contributed by atoms with Gasteiger partial charge in [0.1, 0.15) is 18.5 Å². The Bertz CT molecular complexity index is 728. The number of rotatable bonds is 7. The third-order valence-electron chi connectivity index (χ3n) is 3.76. The van der Waals surface area contributed by atoms with Crippen LogP contribution in [0.4, 0.5) is 0 Å². The van der Waals surface area contributed by atoms with Gasteiger partial charge < -0.3 is 28.8 Å². The average Bonchev–Trinajstić information content (AvgIpc) is 3.05. The van der Waals surface area contributed by atoms with Crippen molar-refractivity contribution in [1.29, 1.82) is 0 Å². The number of esters is 3. The molecule has 0 bridgehead atoms. The first-order valence-corrected chi connectivity index (χ1v) is 9.28. The Balaban J connectivity index is 2.31. The van der Waals surface area contributed by atoms with Crippen LogP contribution in [0.2, 0.25) is 0 Å². The summed E-state index contributed by atoms with van der Waals surface area (Å²) in [5, 5.41) is 12.4. The third-order valence-corrected chi connectivity index (χ3v) is 4.65. The van der Waals surface area contributed by atoms with Gasteiger partial charge >= 0.3 is 17.9 Å². The zero-order chi connectivity index (χ0) is 20.8. The van der Waals surface area contributed by atoms with Gasteiger partial charge in [-0.25, -0.2) is 0 Å². The summed E-state index contributed by atoms with van der Waals surface area (Å²) < 4.78 is 26.8. The van der Waals surface area contributed by atoms with Crippen molar-refractivity contribution >= 4 is 35.3 Å². The molecule has 0 aliphatic carbocycles. The predicted molar refractivity (Wildman–Crippen MR) is 97.4 cm³/mol. The fraction of sp³-hybridized carbons (Fsp3) is 0.500. The molecule has 154 valence electrons. The summed E-state index contributed by atoms with van der Waals surface area (Å²) >= 11 is 1.37. The summed E-state index contributed by atoms with van der Waals surface area (Å²) in [6.45, 7) is 6.90. The molecule has 10 heteroatoms. The second-order valence-corrected chi connectivity index (χ2v) is 6.90. The molecule has 0 spiro atoms. The van der Waals surface area contributed by atoms with Crippen molar-refractivity contribution in [2.75, 3.05) is 6.61 Å². The molecule has 28 heavy (non-hydrogen) atoms. The summed E-state index contributed by atoms with van der Waals surface area (Å²) in [6.07, 6.45) is -4.68. The van der Waals surface area contributed by atoms with E-state index in [4.69, 9.17) is 23.7 Å². The summed E-state index contributed by atoms with van der Waals surface area (Å²) in [6, 6.07) is 1.66. The van der Waals surface area contributed by atoms with Gasteiger partial charge in [0.15, 0.2) is 18.3 Å². The normalized spacial score (nSPS) is 26.8. The largest absolute Gasteiger partial charge is 0.463 e. The number of carbonyl (C=O) groups is 3. The molecule has 1 aliphatic heterocycles. The summed E-state index contributed by atoms with van der Waals surface area (Å²) in [5.74, 6) is -1.56. The highest BCUT2D eigenvalue weighted by molar-refractivity contribution is 7.11. The highest BCUT2D eigenvalue weighted by atomic mass is 32.1. The number of aliphatic hydroxyl groups is 1. The van der Waals surface area contributed by atoms with E-state index in [1.165, 1.54) is 18.3 Å². The molecule has 5 unspecified atom stereocenters. The molecule has 0 amide bonds. The average molecular weight is 414 g/mol. The van der Waals surface area contributed by atoms with Crippen LogP contribution in [-0.2, 0) is 33.3 Å². The molecule has 9 nitrogen and oxygen atoms in total. The molecule has 1 N–H and O–H groups in total. The molecule has 1 fully saturated rings. The van der Waals surface area contributed by atoms with E-state index in [0.717, 1.165) is 13.8 Å². The Kier molecular flexibility index (Phi) is 7.55. The second kappa shape index (κ2) is 9.67. The second-order valence-electron chi connectivity index (χ2n) is 5.96. The SMILES string of the molecule is C=Cc1sccc1OC1OC(COC(C)=O)C(OC(C)=O)C(OC(C)=O)C1O. The topological polar surface area (TPSA) is 118 Å². The van der Waals surface area contributed by atoms with Crippen LogP contribution < -0.4 is 4.74 Å².